The number of aryl methyl sites for hydroxylation is 3. The standard InChI is InChI=1S/C22H20F3N3OS/c1-4-18-17(14-5-7-15(8-6-14)22(23,24)25)9-16(29-18)10-26-20-19-12(2)13(3)30-21(19)28-11-27-20/h5-9,11H,4,10H2,1-3H3,(H,26,27,28). The highest BCUT2D eigenvalue weighted by Gasteiger charge is 2.30. The molecule has 4 rings (SSSR count). The van der Waals surface area contributed by atoms with E-state index < -0.39 is 11.7 Å². The molecular formula is C22H20F3N3OS. The highest BCUT2D eigenvalue weighted by atomic mass is 32.1. The van der Waals surface area contributed by atoms with Crippen LogP contribution in [0.1, 0.15) is 34.4 Å². The number of alkyl halides is 3. The molecule has 0 spiro atoms. The van der Waals surface area contributed by atoms with E-state index in [-0.39, 0.29) is 0 Å². The quantitative estimate of drug-likeness (QED) is 0.379. The Bertz CT molecular complexity index is 1190. The maximum absolute atomic E-state index is 12.8. The summed E-state index contributed by atoms with van der Waals surface area (Å²) in [4.78, 5) is 10.8. The Morgan fingerprint density at radius 3 is 2.50 bits per heavy atom. The lowest BCUT2D eigenvalue weighted by molar-refractivity contribution is -0.137. The predicted octanol–water partition coefficient (Wildman–Crippen LogP) is 6.76. The van der Waals surface area contributed by atoms with Gasteiger partial charge in [-0.05, 0) is 43.2 Å². The fourth-order valence-electron chi connectivity index (χ4n) is 3.40. The lowest BCUT2D eigenvalue weighted by Gasteiger charge is -2.07. The number of halogens is 3. The summed E-state index contributed by atoms with van der Waals surface area (Å²) >= 11 is 1.63. The molecule has 0 unspecified atom stereocenters. The van der Waals surface area contributed by atoms with E-state index in [2.05, 4.69) is 22.2 Å². The van der Waals surface area contributed by atoms with Gasteiger partial charge >= 0.3 is 6.18 Å². The molecule has 0 fully saturated rings. The molecule has 0 saturated carbocycles. The van der Waals surface area contributed by atoms with E-state index in [4.69, 9.17) is 4.42 Å². The maximum atomic E-state index is 12.8. The lowest BCUT2D eigenvalue weighted by atomic mass is 10.0. The fraction of sp³-hybridized carbons (Fsp3) is 0.273. The molecule has 3 heterocycles. The van der Waals surface area contributed by atoms with Gasteiger partial charge in [0.2, 0.25) is 0 Å². The molecule has 1 aromatic carbocycles. The lowest BCUT2D eigenvalue weighted by Crippen LogP contribution is -2.04. The number of aromatic nitrogens is 2. The van der Waals surface area contributed by atoms with Gasteiger partial charge in [-0.2, -0.15) is 13.2 Å². The highest BCUT2D eigenvalue weighted by molar-refractivity contribution is 7.18. The molecule has 0 aliphatic rings. The molecule has 1 N–H and O–H groups in total. The molecule has 3 aromatic heterocycles. The Kier molecular flexibility index (Phi) is 5.27. The summed E-state index contributed by atoms with van der Waals surface area (Å²) < 4.78 is 44.5. The summed E-state index contributed by atoms with van der Waals surface area (Å²) in [5.41, 5.74) is 1.99. The minimum Gasteiger partial charge on any atom is -0.464 e. The monoisotopic (exact) mass is 431 g/mol. The summed E-state index contributed by atoms with van der Waals surface area (Å²) in [6, 6.07) is 7.03. The minimum atomic E-state index is -4.35. The molecule has 4 nitrogen and oxygen atoms in total. The van der Waals surface area contributed by atoms with Crippen molar-refractivity contribution in [3.63, 3.8) is 0 Å². The van der Waals surface area contributed by atoms with Crippen molar-refractivity contribution in [1.29, 1.82) is 0 Å². The first-order valence-corrected chi connectivity index (χ1v) is 10.3. The number of fused-ring (bicyclic) bond motifs is 1. The minimum absolute atomic E-state index is 0.411. The van der Waals surface area contributed by atoms with Crippen LogP contribution in [0.2, 0.25) is 0 Å². The third kappa shape index (κ3) is 3.79. The summed E-state index contributed by atoms with van der Waals surface area (Å²) in [7, 11) is 0. The first-order chi connectivity index (χ1) is 14.3. The van der Waals surface area contributed by atoms with E-state index in [1.54, 1.807) is 11.3 Å². The van der Waals surface area contributed by atoms with E-state index in [1.165, 1.54) is 23.3 Å². The van der Waals surface area contributed by atoms with Crippen molar-refractivity contribution in [2.45, 2.75) is 39.9 Å². The molecule has 0 aliphatic heterocycles. The number of furan rings is 1. The zero-order valence-corrected chi connectivity index (χ0v) is 17.5. The van der Waals surface area contributed by atoms with E-state index in [9.17, 15) is 13.2 Å². The largest absolute Gasteiger partial charge is 0.464 e. The smallest absolute Gasteiger partial charge is 0.416 e. The number of thiophene rings is 1. The summed E-state index contributed by atoms with van der Waals surface area (Å²) in [5, 5.41) is 4.32. The summed E-state index contributed by atoms with van der Waals surface area (Å²) in [6.45, 7) is 6.47. The topological polar surface area (TPSA) is 51.0 Å². The summed E-state index contributed by atoms with van der Waals surface area (Å²) in [5.74, 6) is 2.17. The number of nitrogens with zero attached hydrogens (tertiary/aromatic N) is 2. The number of hydrogen-bond acceptors (Lipinski definition) is 5. The SMILES string of the molecule is CCc1oc(CNc2ncnc3sc(C)c(C)c23)cc1-c1ccc(C(F)(F)F)cc1. The molecule has 30 heavy (non-hydrogen) atoms. The Morgan fingerprint density at radius 2 is 1.83 bits per heavy atom. The van der Waals surface area contributed by atoms with Crippen LogP contribution in [-0.2, 0) is 19.1 Å². The molecule has 0 bridgehead atoms. The number of hydrogen-bond donors (Lipinski definition) is 1. The van der Waals surface area contributed by atoms with Crippen LogP contribution in [0.25, 0.3) is 21.3 Å². The van der Waals surface area contributed by atoms with Crippen molar-refractivity contribution in [3.05, 3.63) is 64.2 Å². The average molecular weight is 431 g/mol. The van der Waals surface area contributed by atoms with E-state index >= 15 is 0 Å². The van der Waals surface area contributed by atoms with Crippen LogP contribution in [-0.4, -0.2) is 9.97 Å². The van der Waals surface area contributed by atoms with Gasteiger partial charge in [-0.25, -0.2) is 9.97 Å². The average Bonchev–Trinajstić information content (AvgIpc) is 3.27. The van der Waals surface area contributed by atoms with Gasteiger partial charge in [0.15, 0.2) is 0 Å². The van der Waals surface area contributed by atoms with E-state index in [0.29, 0.717) is 24.3 Å². The Balaban J connectivity index is 1.59. The molecule has 0 saturated heterocycles. The predicted molar refractivity (Wildman–Crippen MR) is 113 cm³/mol. The van der Waals surface area contributed by atoms with Gasteiger partial charge in [0.25, 0.3) is 0 Å². The normalized spacial score (nSPS) is 11.9. The van der Waals surface area contributed by atoms with Crippen LogP contribution in [0, 0.1) is 13.8 Å². The van der Waals surface area contributed by atoms with Crippen LogP contribution in [0.5, 0.6) is 0 Å². The first-order valence-electron chi connectivity index (χ1n) is 9.51. The van der Waals surface area contributed by atoms with Crippen molar-refractivity contribution in [3.8, 4) is 11.1 Å². The van der Waals surface area contributed by atoms with Gasteiger partial charge in [-0.3, -0.25) is 0 Å². The van der Waals surface area contributed by atoms with Crippen LogP contribution >= 0.6 is 11.3 Å². The number of benzene rings is 1. The second-order valence-electron chi connectivity index (χ2n) is 7.02. The Hall–Kier alpha value is -2.87. The molecular weight excluding hydrogens is 411 g/mol. The van der Waals surface area contributed by atoms with Gasteiger partial charge in [-0.15, -0.1) is 11.3 Å². The zero-order valence-electron chi connectivity index (χ0n) is 16.7. The first kappa shape index (κ1) is 20.4. The van der Waals surface area contributed by atoms with Crippen molar-refractivity contribution in [2.75, 3.05) is 5.32 Å². The third-order valence-electron chi connectivity index (χ3n) is 5.10. The van der Waals surface area contributed by atoms with Gasteiger partial charge in [0, 0.05) is 16.9 Å². The highest BCUT2D eigenvalue weighted by Crippen LogP contribution is 2.35. The second kappa shape index (κ2) is 7.75. The van der Waals surface area contributed by atoms with Crippen LogP contribution in [0.3, 0.4) is 0 Å². The maximum Gasteiger partial charge on any atom is 0.416 e. The molecule has 8 heteroatoms. The van der Waals surface area contributed by atoms with Crippen molar-refractivity contribution < 1.29 is 17.6 Å². The number of anilines is 1. The third-order valence-corrected chi connectivity index (χ3v) is 6.22. The molecule has 4 aromatic rings. The van der Waals surface area contributed by atoms with Gasteiger partial charge in [-0.1, -0.05) is 19.1 Å². The molecule has 0 radical (unpaired) electrons. The Morgan fingerprint density at radius 1 is 1.10 bits per heavy atom. The molecule has 0 atom stereocenters. The Labute approximate surface area is 175 Å². The molecule has 156 valence electrons. The fourth-order valence-corrected chi connectivity index (χ4v) is 4.40. The number of nitrogens with one attached hydrogen (secondary N) is 1. The van der Waals surface area contributed by atoms with Gasteiger partial charge in [0.1, 0.15) is 28.5 Å². The summed E-state index contributed by atoms with van der Waals surface area (Å²) in [6.07, 6.45) is -2.18. The van der Waals surface area contributed by atoms with E-state index in [1.807, 2.05) is 19.9 Å². The van der Waals surface area contributed by atoms with Gasteiger partial charge < -0.3 is 9.73 Å². The van der Waals surface area contributed by atoms with Gasteiger partial charge in [0.05, 0.1) is 17.5 Å². The van der Waals surface area contributed by atoms with Crippen molar-refractivity contribution in [1.82, 2.24) is 9.97 Å². The molecule has 0 aliphatic carbocycles. The van der Waals surface area contributed by atoms with E-state index in [0.717, 1.165) is 45.1 Å². The zero-order chi connectivity index (χ0) is 21.5. The molecule has 0 amide bonds. The second-order valence-corrected chi connectivity index (χ2v) is 8.22. The van der Waals surface area contributed by atoms with Crippen LogP contribution < -0.4 is 5.32 Å². The van der Waals surface area contributed by atoms with Crippen molar-refractivity contribution in [2.24, 2.45) is 0 Å². The van der Waals surface area contributed by atoms with Crippen LogP contribution in [0.4, 0.5) is 19.0 Å². The number of rotatable bonds is 5. The van der Waals surface area contributed by atoms with Crippen LogP contribution in [0.15, 0.2) is 41.1 Å². The van der Waals surface area contributed by atoms with Crippen molar-refractivity contribution >= 4 is 27.4 Å².